The Morgan fingerprint density at radius 3 is 1.76 bits per heavy atom. The van der Waals surface area contributed by atoms with Gasteiger partial charge in [-0.15, -0.1) is 0 Å². The number of carboxylic acid groups (broad SMARTS) is 1. The highest BCUT2D eigenvalue weighted by Crippen LogP contribution is 2.33. The van der Waals surface area contributed by atoms with Crippen molar-refractivity contribution in [3.63, 3.8) is 0 Å². The molecule has 0 fully saturated rings. The van der Waals surface area contributed by atoms with Gasteiger partial charge in [0.2, 0.25) is 5.91 Å². The number of amides is 1. The summed E-state index contributed by atoms with van der Waals surface area (Å²) in [6.07, 6.45) is 26.4. The molecule has 45 heavy (non-hydrogen) atoms. The smallest absolute Gasteiger partial charge is 0.416 e. The molecule has 9 heteroatoms. The van der Waals surface area contributed by atoms with Crippen LogP contribution in [-0.2, 0) is 15.8 Å². The van der Waals surface area contributed by atoms with Crippen LogP contribution in [0.1, 0.15) is 94.5 Å². The maximum atomic E-state index is 13.1. The van der Waals surface area contributed by atoms with E-state index in [1.165, 1.54) is 0 Å². The highest BCUT2D eigenvalue weighted by Gasteiger charge is 2.33. The van der Waals surface area contributed by atoms with Gasteiger partial charge in [0, 0.05) is 6.42 Å². The summed E-state index contributed by atoms with van der Waals surface area (Å²) in [5, 5.41) is 11.9. The molecule has 0 aliphatic rings. The van der Waals surface area contributed by atoms with Gasteiger partial charge in [0.1, 0.15) is 17.4 Å². The molecule has 1 rings (SSSR count). The van der Waals surface area contributed by atoms with Gasteiger partial charge in [0.05, 0.1) is 5.56 Å². The van der Waals surface area contributed by atoms with Gasteiger partial charge in [-0.2, -0.15) is 13.2 Å². The van der Waals surface area contributed by atoms with Crippen LogP contribution in [0.5, 0.6) is 5.75 Å². The number of alkyl halides is 3. The molecule has 1 unspecified atom stereocenters. The number of carbonyl (C=O) groups excluding carboxylic acids is 2. The van der Waals surface area contributed by atoms with E-state index in [0.29, 0.717) is 25.0 Å². The second kappa shape index (κ2) is 22.4. The molecule has 0 spiro atoms. The normalized spacial score (nSPS) is 13.4. The number of carbonyl (C=O) groups is 3. The van der Waals surface area contributed by atoms with E-state index in [4.69, 9.17) is 4.74 Å². The van der Waals surface area contributed by atoms with Crippen LogP contribution in [0.25, 0.3) is 0 Å². The molecule has 1 atom stereocenters. The fourth-order valence-electron chi connectivity index (χ4n) is 3.95. The Morgan fingerprint density at radius 2 is 1.31 bits per heavy atom. The van der Waals surface area contributed by atoms with Gasteiger partial charge in [-0.25, -0.2) is 9.59 Å². The SMILES string of the molecule is CC/C=C\C/C=C\C/C=C\C/C=C\C/C=C\C/C=C\CCC(=O)NC(CC(C)C)C(=O)Oc1cc(C(F)(F)F)ccc1C(=O)O. The second-order valence-corrected chi connectivity index (χ2v) is 10.6. The fourth-order valence-corrected chi connectivity index (χ4v) is 3.95. The monoisotopic (exact) mass is 629 g/mol. The minimum atomic E-state index is -4.76. The minimum absolute atomic E-state index is 0.0633. The van der Waals surface area contributed by atoms with E-state index >= 15 is 0 Å². The number of hydrogen-bond donors (Lipinski definition) is 2. The predicted molar refractivity (Wildman–Crippen MR) is 173 cm³/mol. The minimum Gasteiger partial charge on any atom is -0.478 e. The largest absolute Gasteiger partial charge is 0.478 e. The topological polar surface area (TPSA) is 92.7 Å². The Kier molecular flexibility index (Phi) is 19.3. The number of rotatable bonds is 20. The summed E-state index contributed by atoms with van der Waals surface area (Å²) >= 11 is 0. The number of allylic oxidation sites excluding steroid dienone is 12. The summed E-state index contributed by atoms with van der Waals surface area (Å²) in [5.41, 5.74) is -1.75. The molecule has 1 aromatic carbocycles. The van der Waals surface area contributed by atoms with Crippen LogP contribution in [0.2, 0.25) is 0 Å². The van der Waals surface area contributed by atoms with Crippen molar-refractivity contribution in [3.05, 3.63) is 102 Å². The van der Waals surface area contributed by atoms with E-state index < -0.39 is 46.9 Å². The quantitative estimate of drug-likeness (QED) is 0.0852. The number of esters is 1. The van der Waals surface area contributed by atoms with Gasteiger partial charge >= 0.3 is 18.1 Å². The highest BCUT2D eigenvalue weighted by molar-refractivity contribution is 5.93. The Labute approximate surface area is 265 Å². The molecule has 0 aliphatic carbocycles. The first-order chi connectivity index (χ1) is 21.5. The molecule has 6 nitrogen and oxygen atoms in total. The predicted octanol–water partition coefficient (Wildman–Crippen LogP) is 9.32. The number of ether oxygens (including phenoxy) is 1. The summed E-state index contributed by atoms with van der Waals surface area (Å²) < 4.78 is 44.5. The van der Waals surface area contributed by atoms with Gasteiger partial charge in [0.15, 0.2) is 0 Å². The third-order valence-electron chi connectivity index (χ3n) is 6.21. The highest BCUT2D eigenvalue weighted by atomic mass is 19.4. The Bertz CT molecular complexity index is 1240. The summed E-state index contributed by atoms with van der Waals surface area (Å²) in [6, 6.07) is 0.649. The molecule has 2 N–H and O–H groups in total. The number of benzene rings is 1. The van der Waals surface area contributed by atoms with Crippen LogP contribution in [0, 0.1) is 5.92 Å². The van der Waals surface area contributed by atoms with Crippen LogP contribution in [0.15, 0.2) is 91.1 Å². The second-order valence-electron chi connectivity index (χ2n) is 10.6. The molecular formula is C36H46F3NO5. The summed E-state index contributed by atoms with van der Waals surface area (Å²) in [5.74, 6) is -3.81. The lowest BCUT2D eigenvalue weighted by Gasteiger charge is -2.20. The third kappa shape index (κ3) is 18.3. The van der Waals surface area contributed by atoms with Crippen molar-refractivity contribution >= 4 is 17.8 Å². The molecule has 0 bridgehead atoms. The number of halogens is 3. The Balaban J connectivity index is 2.47. The first kappa shape index (κ1) is 38.9. The molecule has 246 valence electrons. The molecule has 0 radical (unpaired) electrons. The van der Waals surface area contributed by atoms with Crippen LogP contribution < -0.4 is 10.1 Å². The maximum Gasteiger partial charge on any atom is 0.416 e. The van der Waals surface area contributed by atoms with Crippen LogP contribution >= 0.6 is 0 Å². The maximum absolute atomic E-state index is 13.1. The summed E-state index contributed by atoms with van der Waals surface area (Å²) in [6.45, 7) is 5.73. The number of hydrogen-bond acceptors (Lipinski definition) is 4. The molecule has 0 saturated heterocycles. The lowest BCUT2D eigenvalue weighted by molar-refractivity contribution is -0.141. The third-order valence-corrected chi connectivity index (χ3v) is 6.21. The van der Waals surface area contributed by atoms with Crippen molar-refractivity contribution in [3.8, 4) is 5.75 Å². The zero-order valence-corrected chi connectivity index (χ0v) is 26.4. The number of nitrogens with one attached hydrogen (secondary N) is 1. The molecule has 1 amide bonds. The zero-order valence-electron chi connectivity index (χ0n) is 26.4. The van der Waals surface area contributed by atoms with Crippen molar-refractivity contribution < 1.29 is 37.4 Å². The molecule has 1 aromatic rings. The van der Waals surface area contributed by atoms with E-state index in [1.54, 1.807) is 13.8 Å². The molecule has 0 heterocycles. The van der Waals surface area contributed by atoms with Gasteiger partial charge < -0.3 is 15.2 Å². The summed E-state index contributed by atoms with van der Waals surface area (Å²) in [4.78, 5) is 36.8. The van der Waals surface area contributed by atoms with E-state index in [-0.39, 0.29) is 18.8 Å². The first-order valence-corrected chi connectivity index (χ1v) is 15.3. The molecule has 0 aromatic heterocycles. The van der Waals surface area contributed by atoms with Crippen molar-refractivity contribution in [2.45, 2.75) is 90.8 Å². The van der Waals surface area contributed by atoms with Gasteiger partial charge in [-0.05, 0) is 75.5 Å². The summed E-state index contributed by atoms with van der Waals surface area (Å²) in [7, 11) is 0. The lowest BCUT2D eigenvalue weighted by Crippen LogP contribution is -2.43. The number of carboxylic acids is 1. The van der Waals surface area contributed by atoms with Crippen molar-refractivity contribution in [2.75, 3.05) is 0 Å². The lowest BCUT2D eigenvalue weighted by atomic mass is 10.0. The zero-order chi connectivity index (χ0) is 33.5. The van der Waals surface area contributed by atoms with Crippen molar-refractivity contribution in [1.29, 1.82) is 0 Å². The molecule has 0 aliphatic heterocycles. The standard InChI is InChI=1S/C36H46F3NO5/c1-4-5-6-7-8-9-10-11-12-13-14-15-16-17-18-19-20-21-22-23-33(41)40-31(26-28(2)3)35(44)45-32-27-29(36(37,38)39)24-25-30(32)34(42)43/h5-6,8-9,11-12,14-15,17-18,20-21,24-25,27-28,31H,4,7,10,13,16,19,22-23,26H2,1-3H3,(H,40,41)(H,42,43)/b6-5-,9-8-,12-11-,15-14-,18-17-,21-20-. The van der Waals surface area contributed by atoms with Gasteiger partial charge in [0.25, 0.3) is 0 Å². The van der Waals surface area contributed by atoms with Crippen LogP contribution in [0.3, 0.4) is 0 Å². The Morgan fingerprint density at radius 1 is 0.822 bits per heavy atom. The van der Waals surface area contributed by atoms with Crippen molar-refractivity contribution in [2.24, 2.45) is 5.92 Å². The average molecular weight is 630 g/mol. The van der Waals surface area contributed by atoms with Gasteiger partial charge in [-0.1, -0.05) is 93.7 Å². The first-order valence-electron chi connectivity index (χ1n) is 15.3. The van der Waals surface area contributed by atoms with E-state index in [0.717, 1.165) is 38.2 Å². The van der Waals surface area contributed by atoms with Crippen LogP contribution in [-0.4, -0.2) is 29.0 Å². The molecular weight excluding hydrogens is 583 g/mol. The fraction of sp³-hybridized carbons (Fsp3) is 0.417. The Hall–Kier alpha value is -4.14. The van der Waals surface area contributed by atoms with E-state index in [2.05, 4.69) is 66.9 Å². The van der Waals surface area contributed by atoms with Crippen molar-refractivity contribution in [1.82, 2.24) is 5.32 Å². The molecule has 0 saturated carbocycles. The van der Waals surface area contributed by atoms with Gasteiger partial charge in [-0.3, -0.25) is 4.79 Å². The van der Waals surface area contributed by atoms with Crippen LogP contribution in [0.4, 0.5) is 13.2 Å². The van der Waals surface area contributed by atoms with E-state index in [9.17, 15) is 32.7 Å². The van der Waals surface area contributed by atoms with E-state index in [1.807, 2.05) is 18.2 Å². The average Bonchev–Trinajstić information content (AvgIpc) is 2.97. The number of aromatic carboxylic acids is 1.